The van der Waals surface area contributed by atoms with Gasteiger partial charge in [-0.15, -0.1) is 0 Å². The molecule has 0 amide bonds. The zero-order chi connectivity index (χ0) is 16.1. The van der Waals surface area contributed by atoms with Crippen molar-refractivity contribution in [2.24, 2.45) is 0 Å². The van der Waals surface area contributed by atoms with Gasteiger partial charge in [-0.1, -0.05) is 22.9 Å². The van der Waals surface area contributed by atoms with Gasteiger partial charge in [-0.3, -0.25) is 4.90 Å². The third-order valence-electron chi connectivity index (χ3n) is 3.38. The molecule has 0 bridgehead atoms. The number of hydrogen-bond donors (Lipinski definition) is 0. The summed E-state index contributed by atoms with van der Waals surface area (Å²) in [5.74, 6) is 2.50. The predicted molar refractivity (Wildman–Crippen MR) is 85.0 cm³/mol. The van der Waals surface area contributed by atoms with Gasteiger partial charge in [0.2, 0.25) is 11.7 Å². The van der Waals surface area contributed by atoms with Crippen LogP contribution in [-0.2, 0) is 6.54 Å². The third kappa shape index (κ3) is 4.20. The van der Waals surface area contributed by atoms with Gasteiger partial charge in [0.05, 0.1) is 12.8 Å². The molecule has 0 N–H and O–H groups in total. The fraction of sp³-hybridized carbons (Fsp3) is 0.294. The van der Waals surface area contributed by atoms with Crippen LogP contribution in [0.1, 0.15) is 11.5 Å². The van der Waals surface area contributed by atoms with Crippen molar-refractivity contribution in [3.05, 3.63) is 54.1 Å². The summed E-state index contributed by atoms with van der Waals surface area (Å²) in [6, 6.07) is 11.6. The molecule has 2 aromatic heterocycles. The lowest BCUT2D eigenvalue weighted by molar-refractivity contribution is 0.213. The van der Waals surface area contributed by atoms with Gasteiger partial charge in [0, 0.05) is 6.54 Å². The van der Waals surface area contributed by atoms with Crippen LogP contribution in [0, 0.1) is 6.92 Å². The van der Waals surface area contributed by atoms with E-state index in [0.29, 0.717) is 30.6 Å². The standard InChI is InChI=1S/C17H19N3O3/c1-13-5-7-14(8-6-13)21-11-9-20(2)12-16-18-17(19-23-16)15-4-3-10-22-15/h3-8,10H,9,11-12H2,1-2H3. The van der Waals surface area contributed by atoms with E-state index in [1.807, 2.05) is 31.3 Å². The van der Waals surface area contributed by atoms with Crippen LogP contribution in [0.25, 0.3) is 11.6 Å². The van der Waals surface area contributed by atoms with E-state index in [9.17, 15) is 0 Å². The molecule has 0 radical (unpaired) electrons. The molecule has 0 saturated heterocycles. The zero-order valence-corrected chi connectivity index (χ0v) is 13.2. The molecule has 1 aromatic carbocycles. The average molecular weight is 313 g/mol. The van der Waals surface area contributed by atoms with Gasteiger partial charge < -0.3 is 13.7 Å². The van der Waals surface area contributed by atoms with Crippen LogP contribution in [0.4, 0.5) is 0 Å². The molecule has 120 valence electrons. The molecule has 0 aliphatic carbocycles. The first kappa shape index (κ1) is 15.3. The van der Waals surface area contributed by atoms with E-state index in [-0.39, 0.29) is 0 Å². The molecule has 0 fully saturated rings. The lowest BCUT2D eigenvalue weighted by Gasteiger charge is -2.14. The molecule has 2 heterocycles. The molecule has 0 aliphatic heterocycles. The summed E-state index contributed by atoms with van der Waals surface area (Å²) in [5, 5.41) is 3.91. The van der Waals surface area contributed by atoms with Crippen LogP contribution in [0.3, 0.4) is 0 Å². The highest BCUT2D eigenvalue weighted by Crippen LogP contribution is 2.16. The number of aryl methyl sites for hydroxylation is 1. The van der Waals surface area contributed by atoms with Gasteiger partial charge in [0.1, 0.15) is 12.4 Å². The Morgan fingerprint density at radius 1 is 1.17 bits per heavy atom. The summed E-state index contributed by atoms with van der Waals surface area (Å²) in [5.41, 5.74) is 1.22. The molecule has 0 saturated carbocycles. The quantitative estimate of drug-likeness (QED) is 0.667. The van der Waals surface area contributed by atoms with Crippen molar-refractivity contribution in [3.8, 4) is 17.3 Å². The van der Waals surface area contributed by atoms with Crippen LogP contribution in [0.2, 0.25) is 0 Å². The van der Waals surface area contributed by atoms with Gasteiger partial charge in [0.15, 0.2) is 5.76 Å². The molecule has 3 aromatic rings. The van der Waals surface area contributed by atoms with E-state index >= 15 is 0 Å². The molecule has 0 aliphatic rings. The van der Waals surface area contributed by atoms with Gasteiger partial charge in [-0.25, -0.2) is 0 Å². The maximum Gasteiger partial charge on any atom is 0.241 e. The summed E-state index contributed by atoms with van der Waals surface area (Å²) < 4.78 is 16.2. The van der Waals surface area contributed by atoms with Crippen molar-refractivity contribution in [2.75, 3.05) is 20.2 Å². The lowest BCUT2D eigenvalue weighted by atomic mass is 10.2. The highest BCUT2D eigenvalue weighted by Gasteiger charge is 2.12. The zero-order valence-electron chi connectivity index (χ0n) is 13.2. The Balaban J connectivity index is 1.46. The van der Waals surface area contributed by atoms with Crippen molar-refractivity contribution in [3.63, 3.8) is 0 Å². The fourth-order valence-corrected chi connectivity index (χ4v) is 2.09. The minimum Gasteiger partial charge on any atom is -0.492 e. The summed E-state index contributed by atoms with van der Waals surface area (Å²) >= 11 is 0. The van der Waals surface area contributed by atoms with Gasteiger partial charge in [-0.05, 0) is 38.2 Å². The highest BCUT2D eigenvalue weighted by molar-refractivity contribution is 5.44. The monoisotopic (exact) mass is 313 g/mol. The first-order valence-corrected chi connectivity index (χ1v) is 7.45. The van der Waals surface area contributed by atoms with E-state index in [1.165, 1.54) is 5.56 Å². The van der Waals surface area contributed by atoms with E-state index in [1.54, 1.807) is 18.4 Å². The minimum absolute atomic E-state index is 0.467. The smallest absolute Gasteiger partial charge is 0.241 e. The van der Waals surface area contributed by atoms with Crippen LogP contribution >= 0.6 is 0 Å². The second kappa shape index (κ2) is 7.11. The van der Waals surface area contributed by atoms with Crippen molar-refractivity contribution >= 4 is 0 Å². The Labute approximate surface area is 134 Å². The Morgan fingerprint density at radius 3 is 2.74 bits per heavy atom. The summed E-state index contributed by atoms with van der Waals surface area (Å²) in [6.07, 6.45) is 1.58. The third-order valence-corrected chi connectivity index (χ3v) is 3.38. The predicted octanol–water partition coefficient (Wildman–Crippen LogP) is 3.15. The van der Waals surface area contributed by atoms with Gasteiger partial charge in [0.25, 0.3) is 0 Å². The van der Waals surface area contributed by atoms with Crippen LogP contribution in [-0.4, -0.2) is 35.2 Å². The minimum atomic E-state index is 0.467. The van der Waals surface area contributed by atoms with Crippen molar-refractivity contribution < 1.29 is 13.7 Å². The number of furan rings is 1. The molecule has 0 atom stereocenters. The number of ether oxygens (including phenoxy) is 1. The SMILES string of the molecule is Cc1ccc(OCCN(C)Cc2nc(-c3ccco3)no2)cc1. The Morgan fingerprint density at radius 2 is 2.00 bits per heavy atom. The highest BCUT2D eigenvalue weighted by atomic mass is 16.5. The molecular weight excluding hydrogens is 294 g/mol. The van der Waals surface area contributed by atoms with Gasteiger partial charge >= 0.3 is 0 Å². The van der Waals surface area contributed by atoms with E-state index in [2.05, 4.69) is 22.0 Å². The maximum absolute atomic E-state index is 5.71. The van der Waals surface area contributed by atoms with E-state index in [0.717, 1.165) is 12.3 Å². The van der Waals surface area contributed by atoms with E-state index in [4.69, 9.17) is 13.7 Å². The van der Waals surface area contributed by atoms with Crippen molar-refractivity contribution in [1.29, 1.82) is 0 Å². The topological polar surface area (TPSA) is 64.5 Å². The van der Waals surface area contributed by atoms with Crippen LogP contribution in [0.5, 0.6) is 5.75 Å². The van der Waals surface area contributed by atoms with Crippen molar-refractivity contribution in [2.45, 2.75) is 13.5 Å². The second-order valence-corrected chi connectivity index (χ2v) is 5.39. The van der Waals surface area contributed by atoms with Gasteiger partial charge in [-0.2, -0.15) is 4.98 Å². The molecule has 6 heteroatoms. The molecular formula is C17H19N3O3. The Hall–Kier alpha value is -2.60. The first-order valence-electron chi connectivity index (χ1n) is 7.45. The molecule has 0 unspecified atom stereocenters. The number of benzene rings is 1. The number of nitrogens with zero attached hydrogens (tertiary/aromatic N) is 3. The van der Waals surface area contributed by atoms with Crippen molar-refractivity contribution in [1.82, 2.24) is 15.0 Å². The Kier molecular flexibility index (Phi) is 4.73. The fourth-order valence-electron chi connectivity index (χ4n) is 2.09. The molecule has 3 rings (SSSR count). The second-order valence-electron chi connectivity index (χ2n) is 5.39. The lowest BCUT2D eigenvalue weighted by Crippen LogP contribution is -2.24. The molecule has 6 nitrogen and oxygen atoms in total. The normalized spacial score (nSPS) is 11.1. The Bertz CT molecular complexity index is 720. The maximum atomic E-state index is 5.71. The summed E-state index contributed by atoms with van der Waals surface area (Å²) in [4.78, 5) is 6.38. The molecule has 23 heavy (non-hydrogen) atoms. The number of hydrogen-bond acceptors (Lipinski definition) is 6. The summed E-state index contributed by atoms with van der Waals surface area (Å²) in [7, 11) is 1.98. The molecule has 0 spiro atoms. The van der Waals surface area contributed by atoms with E-state index < -0.39 is 0 Å². The number of likely N-dealkylation sites (N-methyl/N-ethyl adjacent to an activating group) is 1. The van der Waals surface area contributed by atoms with Crippen LogP contribution in [0.15, 0.2) is 51.6 Å². The number of rotatable bonds is 7. The first-order chi connectivity index (χ1) is 11.2. The largest absolute Gasteiger partial charge is 0.492 e. The van der Waals surface area contributed by atoms with Crippen LogP contribution < -0.4 is 4.74 Å². The number of aromatic nitrogens is 2. The summed E-state index contributed by atoms with van der Waals surface area (Å²) in [6.45, 7) is 3.97. The average Bonchev–Trinajstić information content (AvgIpc) is 3.20.